The Bertz CT molecular complexity index is 536. The molecule has 1 aliphatic heterocycles. The number of methoxy groups -OCH3 is 2. The molecular weight excluding hydrogens is 326 g/mol. The molecule has 7 nitrogen and oxygen atoms in total. The molecule has 0 spiro atoms. The summed E-state index contributed by atoms with van der Waals surface area (Å²) in [7, 11) is 2.55. The molecule has 0 aromatic carbocycles. The van der Waals surface area contributed by atoms with Crippen molar-refractivity contribution >= 4 is 18.0 Å². The lowest BCUT2D eigenvalue weighted by molar-refractivity contribution is -0.153. The minimum absolute atomic E-state index is 0.100. The third-order valence-corrected chi connectivity index (χ3v) is 4.43. The summed E-state index contributed by atoms with van der Waals surface area (Å²) in [6.45, 7) is 11.6. The van der Waals surface area contributed by atoms with Crippen molar-refractivity contribution in [3.8, 4) is 0 Å². The number of hydrogen-bond acceptors (Lipinski definition) is 6. The van der Waals surface area contributed by atoms with Gasteiger partial charge in [0.2, 0.25) is 0 Å². The highest BCUT2D eigenvalue weighted by molar-refractivity contribution is 5.82. The van der Waals surface area contributed by atoms with Crippen LogP contribution in [-0.4, -0.2) is 56.3 Å². The van der Waals surface area contributed by atoms with Gasteiger partial charge >= 0.3 is 18.0 Å². The highest BCUT2D eigenvalue weighted by Gasteiger charge is 2.49. The molecule has 1 amide bonds. The van der Waals surface area contributed by atoms with Gasteiger partial charge in [-0.2, -0.15) is 0 Å². The molecule has 1 aliphatic rings. The van der Waals surface area contributed by atoms with Crippen molar-refractivity contribution in [2.75, 3.05) is 27.4 Å². The Morgan fingerprint density at radius 2 is 1.76 bits per heavy atom. The first-order chi connectivity index (χ1) is 11.5. The van der Waals surface area contributed by atoms with Crippen LogP contribution in [0.15, 0.2) is 12.2 Å². The Hall–Kier alpha value is -2.05. The molecule has 0 bridgehead atoms. The smallest absolute Gasteiger partial charge is 0.410 e. The van der Waals surface area contributed by atoms with Crippen LogP contribution in [0.4, 0.5) is 4.79 Å². The molecule has 1 heterocycles. The average Bonchev–Trinajstić information content (AvgIpc) is 2.92. The van der Waals surface area contributed by atoms with Gasteiger partial charge in [0.15, 0.2) is 0 Å². The summed E-state index contributed by atoms with van der Waals surface area (Å²) in [5.41, 5.74) is 0.260. The zero-order chi connectivity index (χ0) is 19.4. The number of ether oxygens (including phenoxy) is 3. The Morgan fingerprint density at radius 1 is 1.16 bits per heavy atom. The second kappa shape index (κ2) is 8.36. The van der Waals surface area contributed by atoms with Gasteiger partial charge in [-0.1, -0.05) is 12.2 Å². The van der Waals surface area contributed by atoms with E-state index in [9.17, 15) is 14.4 Å². The van der Waals surface area contributed by atoms with Gasteiger partial charge in [0.25, 0.3) is 0 Å². The number of esters is 2. The molecular formula is C18H29NO6. The first-order valence-corrected chi connectivity index (χ1v) is 8.29. The van der Waals surface area contributed by atoms with E-state index in [4.69, 9.17) is 14.2 Å². The van der Waals surface area contributed by atoms with Crippen LogP contribution >= 0.6 is 0 Å². The van der Waals surface area contributed by atoms with Gasteiger partial charge in [-0.3, -0.25) is 9.69 Å². The highest BCUT2D eigenvalue weighted by atomic mass is 16.6. The predicted molar refractivity (Wildman–Crippen MR) is 91.7 cm³/mol. The van der Waals surface area contributed by atoms with Crippen molar-refractivity contribution < 1.29 is 28.6 Å². The molecule has 1 fully saturated rings. The second-order valence-corrected chi connectivity index (χ2v) is 7.38. The Kier molecular flexibility index (Phi) is 7.02. The lowest BCUT2D eigenvalue weighted by Gasteiger charge is -2.26. The van der Waals surface area contributed by atoms with Crippen molar-refractivity contribution in [3.63, 3.8) is 0 Å². The third kappa shape index (κ3) is 4.96. The van der Waals surface area contributed by atoms with E-state index in [0.29, 0.717) is 13.0 Å². The summed E-state index contributed by atoms with van der Waals surface area (Å²) in [6.07, 6.45) is -0.164. The van der Waals surface area contributed by atoms with Crippen LogP contribution in [0.25, 0.3) is 0 Å². The van der Waals surface area contributed by atoms with Crippen LogP contribution in [0, 0.1) is 17.3 Å². The summed E-state index contributed by atoms with van der Waals surface area (Å²) < 4.78 is 15.0. The van der Waals surface area contributed by atoms with E-state index in [1.807, 2.05) is 6.92 Å². The van der Waals surface area contributed by atoms with E-state index in [0.717, 1.165) is 5.57 Å². The fraction of sp³-hybridized carbons (Fsp3) is 0.722. The van der Waals surface area contributed by atoms with E-state index < -0.39 is 23.5 Å². The van der Waals surface area contributed by atoms with Gasteiger partial charge < -0.3 is 14.2 Å². The molecule has 0 N–H and O–H groups in total. The quantitative estimate of drug-likeness (QED) is 0.428. The minimum atomic E-state index is -0.785. The highest BCUT2D eigenvalue weighted by Crippen LogP contribution is 2.37. The minimum Gasteiger partial charge on any atom is -0.467 e. The molecule has 0 saturated carbocycles. The number of amides is 1. The lowest BCUT2D eigenvalue weighted by atomic mass is 9.84. The van der Waals surface area contributed by atoms with Gasteiger partial charge in [0.05, 0.1) is 26.2 Å². The standard InChI is InChI=1S/C18H29NO6/c1-11(2)13-10-19(17(22)24-7)14(15(20)23-6)12(13)8-9-25-16(21)18(3,4)5/h12-14H,1,8-10H2,2-7H3/t12-,13+,14-/m0/s1. The van der Waals surface area contributed by atoms with Crippen LogP contribution in [0.5, 0.6) is 0 Å². The molecule has 0 radical (unpaired) electrons. The van der Waals surface area contributed by atoms with Crippen molar-refractivity contribution in [3.05, 3.63) is 12.2 Å². The fourth-order valence-electron chi connectivity index (χ4n) is 3.02. The molecule has 3 atom stereocenters. The van der Waals surface area contributed by atoms with Gasteiger partial charge in [0.1, 0.15) is 6.04 Å². The number of carbonyl (C=O) groups is 3. The third-order valence-electron chi connectivity index (χ3n) is 4.43. The molecule has 1 rings (SSSR count). The Balaban J connectivity index is 2.96. The van der Waals surface area contributed by atoms with Crippen LogP contribution < -0.4 is 0 Å². The zero-order valence-corrected chi connectivity index (χ0v) is 16.0. The number of nitrogens with zero attached hydrogens (tertiary/aromatic N) is 1. The fourth-order valence-corrected chi connectivity index (χ4v) is 3.02. The van der Waals surface area contributed by atoms with Crippen LogP contribution in [0.1, 0.15) is 34.1 Å². The zero-order valence-electron chi connectivity index (χ0n) is 16.0. The monoisotopic (exact) mass is 355 g/mol. The second-order valence-electron chi connectivity index (χ2n) is 7.38. The molecule has 0 unspecified atom stereocenters. The topological polar surface area (TPSA) is 82.1 Å². The van der Waals surface area contributed by atoms with E-state index in [1.165, 1.54) is 19.1 Å². The van der Waals surface area contributed by atoms with Gasteiger partial charge in [-0.25, -0.2) is 9.59 Å². The van der Waals surface area contributed by atoms with Crippen molar-refractivity contribution in [2.45, 2.75) is 40.2 Å². The van der Waals surface area contributed by atoms with E-state index in [2.05, 4.69) is 6.58 Å². The van der Waals surface area contributed by atoms with Crippen LogP contribution in [-0.2, 0) is 23.8 Å². The number of carbonyl (C=O) groups excluding carboxylic acids is 3. The first-order valence-electron chi connectivity index (χ1n) is 8.29. The maximum absolute atomic E-state index is 12.3. The number of likely N-dealkylation sites (tertiary alicyclic amines) is 1. The van der Waals surface area contributed by atoms with Crippen molar-refractivity contribution in [1.29, 1.82) is 0 Å². The van der Waals surface area contributed by atoms with E-state index in [-0.39, 0.29) is 24.4 Å². The van der Waals surface area contributed by atoms with E-state index in [1.54, 1.807) is 20.8 Å². The van der Waals surface area contributed by atoms with Crippen LogP contribution in [0.2, 0.25) is 0 Å². The van der Waals surface area contributed by atoms with Gasteiger partial charge in [-0.05, 0) is 34.1 Å². The summed E-state index contributed by atoms with van der Waals surface area (Å²) >= 11 is 0. The van der Waals surface area contributed by atoms with Crippen LogP contribution in [0.3, 0.4) is 0 Å². The maximum Gasteiger partial charge on any atom is 0.410 e. The Labute approximate surface area is 149 Å². The SMILES string of the molecule is C=C(C)[C@H]1CN(C(=O)OC)[C@H](C(=O)OC)[C@H]1CCOC(=O)C(C)(C)C. The molecule has 0 aliphatic carbocycles. The summed E-state index contributed by atoms with van der Waals surface area (Å²) in [5, 5.41) is 0. The number of rotatable bonds is 5. The molecule has 142 valence electrons. The normalized spacial score (nSPS) is 23.1. The molecule has 0 aromatic rings. The predicted octanol–water partition coefficient (Wildman–Crippen LogP) is 2.40. The van der Waals surface area contributed by atoms with Gasteiger partial charge in [-0.15, -0.1) is 0 Å². The van der Waals surface area contributed by atoms with Crippen molar-refractivity contribution in [1.82, 2.24) is 4.90 Å². The maximum atomic E-state index is 12.3. The van der Waals surface area contributed by atoms with E-state index >= 15 is 0 Å². The molecule has 25 heavy (non-hydrogen) atoms. The number of hydrogen-bond donors (Lipinski definition) is 0. The summed E-state index contributed by atoms with van der Waals surface area (Å²) in [5.74, 6) is -1.17. The first kappa shape index (κ1) is 21.0. The molecule has 7 heteroatoms. The molecule has 1 saturated heterocycles. The Morgan fingerprint density at radius 3 is 2.20 bits per heavy atom. The summed E-state index contributed by atoms with van der Waals surface area (Å²) in [6, 6.07) is -0.785. The summed E-state index contributed by atoms with van der Waals surface area (Å²) in [4.78, 5) is 37.6. The lowest BCUT2D eigenvalue weighted by Crippen LogP contribution is -2.44. The van der Waals surface area contributed by atoms with Gasteiger partial charge in [0, 0.05) is 18.4 Å². The molecule has 0 aromatic heterocycles. The average molecular weight is 355 g/mol. The largest absolute Gasteiger partial charge is 0.467 e. The van der Waals surface area contributed by atoms with Crippen molar-refractivity contribution in [2.24, 2.45) is 17.3 Å².